The maximum Gasteiger partial charge on any atom is 0.187 e. The third kappa shape index (κ3) is 11.2. The van der Waals surface area contributed by atoms with Crippen LogP contribution in [0.2, 0.25) is 0 Å². The van der Waals surface area contributed by atoms with Crippen LogP contribution in [0.5, 0.6) is 0 Å². The Hall–Kier alpha value is -1.24. The predicted octanol–water partition coefficient (Wildman–Crippen LogP) is -14.1. The Balaban J connectivity index is 1.18. The lowest BCUT2D eigenvalue weighted by Gasteiger charge is -2.50. The molecule has 6 aliphatic heterocycles. The van der Waals surface area contributed by atoms with Crippen LogP contribution in [0, 0.1) is 0 Å². The lowest BCUT2D eigenvalue weighted by molar-refractivity contribution is -0.398. The molecule has 0 bridgehead atoms. The van der Waals surface area contributed by atoms with Crippen molar-refractivity contribution in [1.82, 2.24) is 0 Å². The van der Waals surface area contributed by atoms with E-state index in [1.54, 1.807) is 0 Å². The van der Waals surface area contributed by atoms with Crippen molar-refractivity contribution in [2.45, 2.75) is 184 Å². The summed E-state index contributed by atoms with van der Waals surface area (Å²) in [4.78, 5) is 0. The van der Waals surface area contributed by atoms with Crippen LogP contribution in [0.4, 0.5) is 0 Å². The van der Waals surface area contributed by atoms with E-state index in [0.29, 0.717) is 0 Å². The van der Waals surface area contributed by atoms with Gasteiger partial charge in [-0.25, -0.2) is 0 Å². The second kappa shape index (κ2) is 23.5. The van der Waals surface area contributed by atoms with Crippen LogP contribution in [-0.2, 0) is 52.1 Å². The number of hydrogen-bond donors (Lipinski definition) is 20. The Labute approximate surface area is 378 Å². The molecule has 6 aliphatic rings. The molecule has 67 heavy (non-hydrogen) atoms. The monoisotopic (exact) mass is 990 g/mol. The zero-order valence-corrected chi connectivity index (χ0v) is 35.0. The summed E-state index contributed by atoms with van der Waals surface area (Å²) >= 11 is 0. The van der Waals surface area contributed by atoms with E-state index in [0.717, 1.165) is 0 Å². The second-order valence-electron chi connectivity index (χ2n) is 16.8. The summed E-state index contributed by atoms with van der Waals surface area (Å²) in [6.45, 7) is -5.79. The summed E-state index contributed by atoms with van der Waals surface area (Å²) in [5.41, 5.74) is 0. The number of ether oxygens (including phenoxy) is 11. The molecule has 0 radical (unpaired) electrons. The van der Waals surface area contributed by atoms with Gasteiger partial charge in [0.15, 0.2) is 37.7 Å². The van der Waals surface area contributed by atoms with Gasteiger partial charge in [-0.05, 0) is 0 Å². The first-order valence-electron chi connectivity index (χ1n) is 21.1. The molecule has 6 heterocycles. The number of rotatable bonds is 16. The highest BCUT2D eigenvalue weighted by molar-refractivity contribution is 5.00. The predicted molar refractivity (Wildman–Crippen MR) is 199 cm³/mol. The standard InChI is InChI=1S/C36H62O31/c37-1-7-13(43)19(49)20(50)32(58-7)64-27-15(45)9(3-39)60-34(22(27)52)66-29-17(47)11(5-41)62-36(24(29)54)67-30-18(48)12(6-42)61-35(25(30)55)65-28-16(46)10(4-40)59-33(23(28)53)63-26-14(44)8(2-38)57-31(56)21(26)51/h7-56H,1-6H2/t7-,8-,9-,10-,11-,12-,13-,14-,15-,16-,17-,18-,19+,20-,21-,22-,23-,24-,25-,26+,27+,28+,29+,30+,31-,32+,33+,34+,35-,36+/m1/s1. The fourth-order valence-electron chi connectivity index (χ4n) is 8.49. The van der Waals surface area contributed by atoms with Crippen molar-refractivity contribution in [3.63, 3.8) is 0 Å². The van der Waals surface area contributed by atoms with E-state index >= 15 is 0 Å². The van der Waals surface area contributed by atoms with Crippen LogP contribution in [0.25, 0.3) is 0 Å². The molecular formula is C36H62O31. The van der Waals surface area contributed by atoms with E-state index in [4.69, 9.17) is 52.1 Å². The zero-order chi connectivity index (χ0) is 49.3. The molecule has 6 fully saturated rings. The normalized spacial score (nSPS) is 53.4. The zero-order valence-electron chi connectivity index (χ0n) is 35.0. The fourth-order valence-corrected chi connectivity index (χ4v) is 8.49. The summed E-state index contributed by atoms with van der Waals surface area (Å²) in [7, 11) is 0. The highest BCUT2D eigenvalue weighted by Gasteiger charge is 2.58. The summed E-state index contributed by atoms with van der Waals surface area (Å²) in [5, 5.41) is 211. The SMILES string of the molecule is OC[C@H]1O[C@@H](O[C@@H]2[C@@H](O)[C@H](O[C@@H]3[C@@H](O)[C@H](O[C@@H]4[C@@H](O)[C@@H](O[C@@H]5[C@@H](O)[C@H](O[C@@H]6[C@@H](O)[C@H](O)O[C@H](CO)[C@H]6O)O[C@H](CO)[C@H]5O)O[C@H](CO)[C@H]4O)O[C@H](CO)[C@H]3O)O[C@H](CO)[C@H]2O)[C@H](O)[C@@H](O)[C@@H]1O. The first kappa shape index (κ1) is 55.1. The van der Waals surface area contributed by atoms with E-state index < -0.39 is 224 Å². The molecule has 0 saturated carbocycles. The molecule has 0 aliphatic carbocycles. The minimum atomic E-state index is -2.26. The van der Waals surface area contributed by atoms with Crippen LogP contribution >= 0.6 is 0 Å². The van der Waals surface area contributed by atoms with Gasteiger partial charge >= 0.3 is 0 Å². The van der Waals surface area contributed by atoms with Gasteiger partial charge in [0.2, 0.25) is 0 Å². The van der Waals surface area contributed by atoms with Gasteiger partial charge in [0.1, 0.15) is 146 Å². The molecule has 392 valence electrons. The summed E-state index contributed by atoms with van der Waals surface area (Å²) < 4.78 is 60.4. The quantitative estimate of drug-likeness (QED) is 0.0683. The molecule has 6 saturated heterocycles. The van der Waals surface area contributed by atoms with Gasteiger partial charge in [-0.15, -0.1) is 0 Å². The fraction of sp³-hybridized carbons (Fsp3) is 1.00. The van der Waals surface area contributed by atoms with E-state index in [-0.39, 0.29) is 0 Å². The van der Waals surface area contributed by atoms with E-state index in [1.807, 2.05) is 0 Å². The summed E-state index contributed by atoms with van der Waals surface area (Å²) in [6.07, 6.45) is -58.5. The largest absolute Gasteiger partial charge is 0.394 e. The smallest absolute Gasteiger partial charge is 0.187 e. The van der Waals surface area contributed by atoms with E-state index in [2.05, 4.69) is 0 Å². The molecule has 0 spiro atoms. The van der Waals surface area contributed by atoms with Crippen LogP contribution < -0.4 is 0 Å². The van der Waals surface area contributed by atoms with E-state index in [9.17, 15) is 102 Å². The Morgan fingerprint density at radius 2 is 0.433 bits per heavy atom. The Kier molecular flexibility index (Phi) is 19.4. The van der Waals surface area contributed by atoms with Gasteiger partial charge < -0.3 is 154 Å². The van der Waals surface area contributed by atoms with Gasteiger partial charge in [-0.1, -0.05) is 0 Å². The molecule has 20 N–H and O–H groups in total. The van der Waals surface area contributed by atoms with Gasteiger partial charge in [0, 0.05) is 0 Å². The second-order valence-corrected chi connectivity index (χ2v) is 16.8. The maximum atomic E-state index is 11.5. The molecule has 31 heteroatoms. The van der Waals surface area contributed by atoms with Crippen molar-refractivity contribution in [3.8, 4) is 0 Å². The van der Waals surface area contributed by atoms with Crippen molar-refractivity contribution in [3.05, 3.63) is 0 Å². The highest BCUT2D eigenvalue weighted by atomic mass is 16.8. The van der Waals surface area contributed by atoms with Crippen molar-refractivity contribution >= 4 is 0 Å². The average Bonchev–Trinajstić information content (AvgIpc) is 3.31. The van der Waals surface area contributed by atoms with E-state index in [1.165, 1.54) is 0 Å². The Morgan fingerprint density at radius 1 is 0.224 bits per heavy atom. The van der Waals surface area contributed by atoms with Gasteiger partial charge in [-0.3, -0.25) is 0 Å². The number of aliphatic hydroxyl groups excluding tert-OH is 20. The lowest BCUT2D eigenvalue weighted by atomic mass is 9.95. The minimum absolute atomic E-state index is 0.862. The van der Waals surface area contributed by atoms with Crippen molar-refractivity contribution in [2.24, 2.45) is 0 Å². The maximum absolute atomic E-state index is 11.5. The first-order valence-corrected chi connectivity index (χ1v) is 21.1. The topological polar surface area (TPSA) is 506 Å². The molecule has 31 nitrogen and oxygen atoms in total. The van der Waals surface area contributed by atoms with Crippen molar-refractivity contribution in [1.29, 1.82) is 0 Å². The first-order chi connectivity index (χ1) is 31.8. The molecular weight excluding hydrogens is 928 g/mol. The summed E-state index contributed by atoms with van der Waals surface area (Å²) in [5.74, 6) is 0. The van der Waals surface area contributed by atoms with Crippen LogP contribution in [-0.4, -0.2) is 326 Å². The van der Waals surface area contributed by atoms with Gasteiger partial charge in [0.25, 0.3) is 0 Å². The lowest BCUT2D eigenvalue weighted by Crippen LogP contribution is -2.68. The Bertz CT molecular complexity index is 1510. The third-order valence-corrected chi connectivity index (χ3v) is 12.4. The van der Waals surface area contributed by atoms with Crippen molar-refractivity contribution < 1.29 is 154 Å². The highest BCUT2D eigenvalue weighted by Crippen LogP contribution is 2.37. The molecule has 0 unspecified atom stereocenters. The minimum Gasteiger partial charge on any atom is -0.394 e. The number of hydrogen-bond acceptors (Lipinski definition) is 31. The molecule has 0 aromatic carbocycles. The average molecular weight is 991 g/mol. The third-order valence-electron chi connectivity index (χ3n) is 12.4. The van der Waals surface area contributed by atoms with Crippen LogP contribution in [0.1, 0.15) is 0 Å². The van der Waals surface area contributed by atoms with Gasteiger partial charge in [0.05, 0.1) is 39.6 Å². The van der Waals surface area contributed by atoms with Crippen LogP contribution in [0.15, 0.2) is 0 Å². The molecule has 0 aromatic heterocycles. The number of aliphatic hydroxyl groups is 20. The molecule has 0 amide bonds. The van der Waals surface area contributed by atoms with Gasteiger partial charge in [-0.2, -0.15) is 0 Å². The van der Waals surface area contributed by atoms with Crippen molar-refractivity contribution in [2.75, 3.05) is 39.6 Å². The molecule has 0 aromatic rings. The summed E-state index contributed by atoms with van der Waals surface area (Å²) in [6, 6.07) is 0. The Morgan fingerprint density at radius 3 is 0.687 bits per heavy atom. The molecule has 30 atom stereocenters. The van der Waals surface area contributed by atoms with Crippen LogP contribution in [0.3, 0.4) is 0 Å². The molecule has 6 rings (SSSR count).